The lowest BCUT2D eigenvalue weighted by Crippen LogP contribution is -2.11. The number of rotatable bonds is 4. The van der Waals surface area contributed by atoms with E-state index in [1.165, 1.54) is 11.1 Å². The van der Waals surface area contributed by atoms with Gasteiger partial charge in [-0.2, -0.15) is 0 Å². The molecule has 0 spiro atoms. The molecule has 1 aromatic rings. The molecule has 0 amide bonds. The fourth-order valence-electron chi connectivity index (χ4n) is 1.75. The first-order valence-corrected chi connectivity index (χ1v) is 5.50. The first-order chi connectivity index (χ1) is 7.57. The van der Waals surface area contributed by atoms with Crippen molar-refractivity contribution in [3.05, 3.63) is 59.7 Å². The van der Waals surface area contributed by atoms with Crippen LogP contribution in [0.5, 0.6) is 0 Å². The summed E-state index contributed by atoms with van der Waals surface area (Å²) in [7, 11) is 0. The molecule has 1 atom stereocenters. The summed E-state index contributed by atoms with van der Waals surface area (Å²) in [5, 5.41) is 8.09. The van der Waals surface area contributed by atoms with Gasteiger partial charge >= 0.3 is 0 Å². The molecule has 1 nitrogen and oxygen atoms in total. The van der Waals surface area contributed by atoms with Crippen LogP contribution in [0.1, 0.15) is 30.9 Å². The van der Waals surface area contributed by atoms with Crippen molar-refractivity contribution in [2.24, 2.45) is 0 Å². The van der Waals surface area contributed by atoms with E-state index in [1.807, 2.05) is 32.1 Å². The summed E-state index contributed by atoms with van der Waals surface area (Å²) in [5.74, 6) is 0.0312. The third-order valence-electron chi connectivity index (χ3n) is 2.68. The fourth-order valence-corrected chi connectivity index (χ4v) is 1.75. The molecule has 1 heteroatoms. The highest BCUT2D eigenvalue weighted by molar-refractivity contribution is 6.03. The van der Waals surface area contributed by atoms with Gasteiger partial charge in [-0.05, 0) is 37.5 Å². The van der Waals surface area contributed by atoms with Gasteiger partial charge in [0.05, 0.1) is 0 Å². The third-order valence-corrected chi connectivity index (χ3v) is 2.68. The van der Waals surface area contributed by atoms with Crippen LogP contribution in [-0.2, 0) is 0 Å². The molecule has 0 aliphatic heterocycles. The highest BCUT2D eigenvalue weighted by Gasteiger charge is 2.15. The normalized spacial score (nSPS) is 12.7. The lowest BCUT2D eigenvalue weighted by Gasteiger charge is -2.17. The number of allylic oxidation sites excluding steroid dienone is 3. The molecule has 1 aromatic carbocycles. The van der Waals surface area contributed by atoms with E-state index in [1.54, 1.807) is 0 Å². The molecule has 84 valence electrons. The first-order valence-electron chi connectivity index (χ1n) is 5.50. The summed E-state index contributed by atoms with van der Waals surface area (Å²) in [6.45, 7) is 9.80. The second kappa shape index (κ2) is 5.45. The van der Waals surface area contributed by atoms with Gasteiger partial charge in [0.2, 0.25) is 0 Å². The summed E-state index contributed by atoms with van der Waals surface area (Å²) < 4.78 is 0. The Morgan fingerprint density at radius 1 is 1.38 bits per heavy atom. The Labute approximate surface area is 98.0 Å². The van der Waals surface area contributed by atoms with Crippen LogP contribution in [0.25, 0.3) is 0 Å². The van der Waals surface area contributed by atoms with Crippen LogP contribution in [0.3, 0.4) is 0 Å². The summed E-state index contributed by atoms with van der Waals surface area (Å²) in [6, 6.07) is 8.20. The van der Waals surface area contributed by atoms with Crippen LogP contribution in [0.2, 0.25) is 0 Å². The van der Waals surface area contributed by atoms with E-state index in [9.17, 15) is 0 Å². The van der Waals surface area contributed by atoms with E-state index in [0.29, 0.717) is 5.71 Å². The van der Waals surface area contributed by atoms with Gasteiger partial charge < -0.3 is 5.41 Å². The average Bonchev–Trinajstić information content (AvgIpc) is 2.26. The van der Waals surface area contributed by atoms with Crippen molar-refractivity contribution < 1.29 is 0 Å². The van der Waals surface area contributed by atoms with Crippen LogP contribution >= 0.6 is 0 Å². The molecule has 0 bridgehead atoms. The summed E-state index contributed by atoms with van der Waals surface area (Å²) >= 11 is 0. The second-order valence-electron chi connectivity index (χ2n) is 4.05. The van der Waals surface area contributed by atoms with E-state index in [4.69, 9.17) is 5.41 Å². The van der Waals surface area contributed by atoms with Crippen molar-refractivity contribution >= 4 is 5.71 Å². The number of aryl methyl sites for hydroxylation is 1. The maximum atomic E-state index is 8.09. The van der Waals surface area contributed by atoms with E-state index in [-0.39, 0.29) is 5.92 Å². The number of benzene rings is 1. The first kappa shape index (κ1) is 12.4. The Morgan fingerprint density at radius 2 is 2.00 bits per heavy atom. The molecular formula is C15H19N. The topological polar surface area (TPSA) is 23.9 Å². The van der Waals surface area contributed by atoms with Crippen LogP contribution in [0.4, 0.5) is 0 Å². The summed E-state index contributed by atoms with van der Waals surface area (Å²) in [4.78, 5) is 0. The molecule has 0 fully saturated rings. The van der Waals surface area contributed by atoms with Crippen molar-refractivity contribution in [1.29, 1.82) is 5.41 Å². The minimum atomic E-state index is 0.0312. The summed E-state index contributed by atoms with van der Waals surface area (Å²) in [6.07, 6.45) is 4.05. The molecule has 0 aliphatic carbocycles. The fraction of sp³-hybridized carbons (Fsp3) is 0.267. The summed E-state index contributed by atoms with van der Waals surface area (Å²) in [5.41, 5.74) is 3.82. The molecule has 0 saturated heterocycles. The van der Waals surface area contributed by atoms with Gasteiger partial charge in [0.1, 0.15) is 0 Å². The monoisotopic (exact) mass is 213 g/mol. The lowest BCUT2D eigenvalue weighted by molar-refractivity contribution is 1.08. The Hall–Kier alpha value is -1.63. The zero-order valence-electron chi connectivity index (χ0n) is 10.2. The molecule has 1 N–H and O–H groups in total. The van der Waals surface area contributed by atoms with Gasteiger partial charge in [0.25, 0.3) is 0 Å². The van der Waals surface area contributed by atoms with E-state index >= 15 is 0 Å². The quantitative estimate of drug-likeness (QED) is 0.571. The van der Waals surface area contributed by atoms with E-state index in [2.05, 4.69) is 31.7 Å². The molecule has 0 aliphatic rings. The predicted molar refractivity (Wildman–Crippen MR) is 71.3 cm³/mol. The minimum absolute atomic E-state index is 0.0312. The van der Waals surface area contributed by atoms with Crippen molar-refractivity contribution in [2.45, 2.75) is 26.7 Å². The van der Waals surface area contributed by atoms with Gasteiger partial charge in [-0.1, -0.05) is 43.0 Å². The molecule has 1 rings (SSSR count). The van der Waals surface area contributed by atoms with Gasteiger partial charge in [0.15, 0.2) is 0 Å². The third kappa shape index (κ3) is 2.69. The van der Waals surface area contributed by atoms with Crippen LogP contribution < -0.4 is 0 Å². The predicted octanol–water partition coefficient (Wildman–Crippen LogP) is 4.25. The van der Waals surface area contributed by atoms with Crippen molar-refractivity contribution in [1.82, 2.24) is 0 Å². The Kier molecular flexibility index (Phi) is 4.24. The van der Waals surface area contributed by atoms with E-state index < -0.39 is 0 Å². The zero-order chi connectivity index (χ0) is 12.1. The van der Waals surface area contributed by atoms with Crippen LogP contribution in [0.15, 0.2) is 48.6 Å². The average molecular weight is 213 g/mol. The molecule has 0 heterocycles. The maximum absolute atomic E-state index is 8.09. The molecule has 16 heavy (non-hydrogen) atoms. The van der Waals surface area contributed by atoms with E-state index in [0.717, 1.165) is 5.57 Å². The van der Waals surface area contributed by atoms with Crippen molar-refractivity contribution in [3.8, 4) is 0 Å². The number of hydrogen-bond acceptors (Lipinski definition) is 1. The standard InChI is InChI=1S/C15H19N/c1-5-8-14(15(16)11(2)3)13-10-7-6-9-12(13)4/h5-10,14,16H,2H2,1,3-4H3/b8-5-,16-15?. The smallest absolute Gasteiger partial charge is 0.0450 e. The largest absolute Gasteiger partial charge is 0.304 e. The SMILES string of the molecule is C=C(C)C(=N)C(/C=C\C)c1ccccc1C. The van der Waals surface area contributed by atoms with Gasteiger partial charge in [0, 0.05) is 11.6 Å². The highest BCUT2D eigenvalue weighted by atomic mass is 14.4. The number of hydrogen-bond donors (Lipinski definition) is 1. The molecule has 0 aromatic heterocycles. The zero-order valence-corrected chi connectivity index (χ0v) is 10.2. The van der Waals surface area contributed by atoms with Crippen molar-refractivity contribution in [3.63, 3.8) is 0 Å². The highest BCUT2D eigenvalue weighted by Crippen LogP contribution is 2.24. The lowest BCUT2D eigenvalue weighted by atomic mass is 9.88. The Balaban J connectivity index is 3.18. The van der Waals surface area contributed by atoms with Gasteiger partial charge in [-0.15, -0.1) is 0 Å². The molecular weight excluding hydrogens is 194 g/mol. The van der Waals surface area contributed by atoms with Gasteiger partial charge in [-0.25, -0.2) is 0 Å². The Bertz CT molecular complexity index is 427. The molecule has 0 radical (unpaired) electrons. The maximum Gasteiger partial charge on any atom is 0.0450 e. The second-order valence-corrected chi connectivity index (χ2v) is 4.05. The van der Waals surface area contributed by atoms with Crippen LogP contribution in [0, 0.1) is 12.3 Å². The minimum Gasteiger partial charge on any atom is -0.304 e. The molecule has 1 unspecified atom stereocenters. The van der Waals surface area contributed by atoms with Crippen molar-refractivity contribution in [2.75, 3.05) is 0 Å². The Morgan fingerprint density at radius 3 is 2.50 bits per heavy atom. The molecule has 0 saturated carbocycles. The van der Waals surface area contributed by atoms with Crippen LogP contribution in [-0.4, -0.2) is 5.71 Å². The van der Waals surface area contributed by atoms with Gasteiger partial charge in [-0.3, -0.25) is 0 Å². The number of nitrogens with one attached hydrogen (secondary N) is 1.